The summed E-state index contributed by atoms with van der Waals surface area (Å²) in [5.41, 5.74) is 2.82. The van der Waals surface area contributed by atoms with Gasteiger partial charge in [-0.05, 0) is 56.4 Å². The number of fused-ring (bicyclic) bond motifs is 1. The van der Waals surface area contributed by atoms with Crippen molar-refractivity contribution in [1.82, 2.24) is 9.88 Å². The van der Waals surface area contributed by atoms with E-state index in [0.717, 1.165) is 5.92 Å². The number of unbranched alkanes of at least 4 members (excludes halogenated alkanes) is 1. The summed E-state index contributed by atoms with van der Waals surface area (Å²) in [6.07, 6.45) is 7.51. The van der Waals surface area contributed by atoms with E-state index in [1.807, 2.05) is 0 Å². The second-order valence-corrected chi connectivity index (χ2v) is 5.76. The summed E-state index contributed by atoms with van der Waals surface area (Å²) in [6.45, 7) is 6.10. The van der Waals surface area contributed by atoms with E-state index in [1.165, 1.54) is 61.8 Å². The number of rotatable bonds is 4. The molecule has 2 aromatic rings. The van der Waals surface area contributed by atoms with Crippen LogP contribution in [-0.4, -0.2) is 29.5 Å². The van der Waals surface area contributed by atoms with E-state index in [0.29, 0.717) is 0 Å². The average Bonchev–Trinajstić information content (AvgIpc) is 2.90. The first-order chi connectivity index (χ1) is 9.38. The van der Waals surface area contributed by atoms with Crippen LogP contribution in [0.2, 0.25) is 0 Å². The Hall–Kier alpha value is -1.28. The van der Waals surface area contributed by atoms with E-state index in [2.05, 4.69) is 47.3 Å². The van der Waals surface area contributed by atoms with E-state index in [1.54, 1.807) is 0 Å². The summed E-state index contributed by atoms with van der Waals surface area (Å²) in [5.74, 6) is 0.744. The molecule has 1 aliphatic rings. The van der Waals surface area contributed by atoms with E-state index >= 15 is 0 Å². The van der Waals surface area contributed by atoms with Gasteiger partial charge in [0, 0.05) is 17.1 Å². The van der Waals surface area contributed by atoms with Gasteiger partial charge in [-0.1, -0.05) is 31.5 Å². The molecule has 0 unspecified atom stereocenters. The molecule has 0 aliphatic carbocycles. The molecule has 0 atom stereocenters. The van der Waals surface area contributed by atoms with Crippen LogP contribution >= 0.6 is 0 Å². The van der Waals surface area contributed by atoms with Gasteiger partial charge in [-0.25, -0.2) is 0 Å². The first-order valence-electron chi connectivity index (χ1n) is 7.67. The van der Waals surface area contributed by atoms with Crippen LogP contribution in [0.3, 0.4) is 0 Å². The predicted molar refractivity (Wildman–Crippen MR) is 81.6 cm³/mol. The molecular weight excluding hydrogens is 232 g/mol. The van der Waals surface area contributed by atoms with Crippen LogP contribution in [0.1, 0.15) is 44.1 Å². The molecule has 0 bridgehead atoms. The normalized spacial score (nSPS) is 18.2. The zero-order chi connectivity index (χ0) is 13.1. The lowest BCUT2D eigenvalue weighted by molar-refractivity contribution is 0.210. The van der Waals surface area contributed by atoms with Gasteiger partial charge in [-0.15, -0.1) is 0 Å². The van der Waals surface area contributed by atoms with Crippen molar-refractivity contribution in [2.45, 2.75) is 38.5 Å². The summed E-state index contributed by atoms with van der Waals surface area (Å²) in [5, 5.41) is 1.43. The quantitative estimate of drug-likeness (QED) is 0.870. The first kappa shape index (κ1) is 12.7. The Kier molecular flexibility index (Phi) is 3.88. The van der Waals surface area contributed by atoms with Gasteiger partial charge in [0.25, 0.3) is 0 Å². The topological polar surface area (TPSA) is 19.0 Å². The number of para-hydroxylation sites is 1. The highest BCUT2D eigenvalue weighted by molar-refractivity contribution is 5.83. The Bertz CT molecular complexity index is 521. The van der Waals surface area contributed by atoms with Crippen LogP contribution in [0.15, 0.2) is 30.5 Å². The van der Waals surface area contributed by atoms with Gasteiger partial charge in [-0.2, -0.15) is 0 Å². The van der Waals surface area contributed by atoms with Crippen molar-refractivity contribution < 1.29 is 0 Å². The third-order valence-corrected chi connectivity index (χ3v) is 4.48. The predicted octanol–water partition coefficient (Wildman–Crippen LogP) is 4.15. The molecule has 1 N–H and O–H groups in total. The van der Waals surface area contributed by atoms with Crippen LogP contribution in [0.25, 0.3) is 10.9 Å². The Morgan fingerprint density at radius 2 is 2.00 bits per heavy atom. The number of aromatic amines is 1. The molecule has 102 valence electrons. The van der Waals surface area contributed by atoms with Gasteiger partial charge >= 0.3 is 0 Å². The number of H-pyrrole nitrogens is 1. The Morgan fingerprint density at radius 3 is 2.79 bits per heavy atom. The molecule has 2 heterocycles. The van der Waals surface area contributed by atoms with Crippen LogP contribution in [-0.2, 0) is 0 Å². The molecule has 1 saturated heterocycles. The largest absolute Gasteiger partial charge is 0.361 e. The Labute approximate surface area is 115 Å². The number of piperidine rings is 1. The highest BCUT2D eigenvalue weighted by Crippen LogP contribution is 2.32. The molecule has 0 spiro atoms. The van der Waals surface area contributed by atoms with Crippen LogP contribution in [0, 0.1) is 0 Å². The minimum Gasteiger partial charge on any atom is -0.361 e. The molecular formula is C17H24N2. The molecule has 1 fully saturated rings. The van der Waals surface area contributed by atoms with Crippen LogP contribution in [0.5, 0.6) is 0 Å². The van der Waals surface area contributed by atoms with E-state index in [9.17, 15) is 0 Å². The number of aromatic nitrogens is 1. The summed E-state index contributed by atoms with van der Waals surface area (Å²) in [6, 6.07) is 8.69. The van der Waals surface area contributed by atoms with Gasteiger partial charge in [0.15, 0.2) is 0 Å². The number of likely N-dealkylation sites (tertiary alicyclic amines) is 1. The summed E-state index contributed by atoms with van der Waals surface area (Å²) in [7, 11) is 0. The molecule has 1 aromatic carbocycles. The molecule has 1 aliphatic heterocycles. The molecule has 2 nitrogen and oxygen atoms in total. The van der Waals surface area contributed by atoms with Crippen molar-refractivity contribution in [3.05, 3.63) is 36.0 Å². The van der Waals surface area contributed by atoms with Gasteiger partial charge in [-0.3, -0.25) is 0 Å². The maximum atomic E-state index is 3.42. The lowest BCUT2D eigenvalue weighted by Gasteiger charge is -2.31. The van der Waals surface area contributed by atoms with E-state index in [-0.39, 0.29) is 0 Å². The maximum Gasteiger partial charge on any atom is 0.0456 e. The second kappa shape index (κ2) is 5.79. The molecule has 0 saturated carbocycles. The minimum absolute atomic E-state index is 0.744. The lowest BCUT2D eigenvalue weighted by atomic mass is 9.89. The smallest absolute Gasteiger partial charge is 0.0456 e. The van der Waals surface area contributed by atoms with E-state index in [4.69, 9.17) is 0 Å². The summed E-state index contributed by atoms with van der Waals surface area (Å²) >= 11 is 0. The Balaban J connectivity index is 1.68. The molecule has 0 amide bonds. The fourth-order valence-corrected chi connectivity index (χ4v) is 3.28. The Morgan fingerprint density at radius 1 is 1.21 bits per heavy atom. The summed E-state index contributed by atoms with van der Waals surface area (Å²) in [4.78, 5) is 6.05. The molecule has 1 aromatic heterocycles. The maximum absolute atomic E-state index is 3.42. The molecule has 2 heteroatoms. The van der Waals surface area contributed by atoms with Crippen molar-refractivity contribution >= 4 is 10.9 Å². The fourth-order valence-electron chi connectivity index (χ4n) is 3.28. The van der Waals surface area contributed by atoms with E-state index < -0.39 is 0 Å². The average molecular weight is 256 g/mol. The van der Waals surface area contributed by atoms with Gasteiger partial charge in [0.1, 0.15) is 0 Å². The first-order valence-corrected chi connectivity index (χ1v) is 7.67. The van der Waals surface area contributed by atoms with Crippen molar-refractivity contribution in [1.29, 1.82) is 0 Å². The molecule has 0 radical (unpaired) electrons. The zero-order valence-electron chi connectivity index (χ0n) is 11.9. The SMILES string of the molecule is CCCCN1CCC(c2c[nH]c3ccccc23)CC1. The molecule has 19 heavy (non-hydrogen) atoms. The number of benzene rings is 1. The van der Waals surface area contributed by atoms with Crippen molar-refractivity contribution in [2.24, 2.45) is 0 Å². The third kappa shape index (κ3) is 2.69. The van der Waals surface area contributed by atoms with Crippen molar-refractivity contribution in [3.63, 3.8) is 0 Å². The third-order valence-electron chi connectivity index (χ3n) is 4.48. The summed E-state index contributed by atoms with van der Waals surface area (Å²) < 4.78 is 0. The lowest BCUT2D eigenvalue weighted by Crippen LogP contribution is -2.33. The fraction of sp³-hybridized carbons (Fsp3) is 0.529. The number of nitrogens with zero attached hydrogens (tertiary/aromatic N) is 1. The van der Waals surface area contributed by atoms with Crippen LogP contribution in [0.4, 0.5) is 0 Å². The zero-order valence-corrected chi connectivity index (χ0v) is 11.9. The monoisotopic (exact) mass is 256 g/mol. The van der Waals surface area contributed by atoms with Crippen molar-refractivity contribution in [3.8, 4) is 0 Å². The standard InChI is InChI=1S/C17H24N2/c1-2-3-10-19-11-8-14(9-12-19)16-13-18-17-7-5-4-6-15(16)17/h4-7,13-14,18H,2-3,8-12H2,1H3. The molecule has 3 rings (SSSR count). The number of hydrogen-bond acceptors (Lipinski definition) is 1. The number of nitrogens with one attached hydrogen (secondary N) is 1. The minimum atomic E-state index is 0.744. The highest BCUT2D eigenvalue weighted by Gasteiger charge is 2.22. The van der Waals surface area contributed by atoms with Gasteiger partial charge < -0.3 is 9.88 Å². The second-order valence-electron chi connectivity index (χ2n) is 5.76. The van der Waals surface area contributed by atoms with Crippen molar-refractivity contribution in [2.75, 3.05) is 19.6 Å². The highest BCUT2D eigenvalue weighted by atomic mass is 15.1. The van der Waals surface area contributed by atoms with Crippen LogP contribution < -0.4 is 0 Å². The van der Waals surface area contributed by atoms with Gasteiger partial charge in [0.05, 0.1) is 0 Å². The number of hydrogen-bond donors (Lipinski definition) is 1. The van der Waals surface area contributed by atoms with Gasteiger partial charge in [0.2, 0.25) is 0 Å².